The summed E-state index contributed by atoms with van der Waals surface area (Å²) in [6.07, 6.45) is 0. The van der Waals surface area contributed by atoms with Crippen molar-refractivity contribution >= 4 is 43.6 Å². The van der Waals surface area contributed by atoms with E-state index < -0.39 is 17.6 Å². The SMILES string of the molecule is CCOC(=O)C(=O)c1c(F)c(C)cc(Br)c1Br. The molecular formula is C11H9Br2FO3. The van der Waals surface area contributed by atoms with E-state index in [2.05, 4.69) is 36.6 Å². The number of carbonyl (C=O) groups excluding carboxylic acids is 2. The van der Waals surface area contributed by atoms with Gasteiger partial charge < -0.3 is 4.74 Å². The number of ketones is 1. The fraction of sp³-hybridized carbons (Fsp3) is 0.273. The molecule has 6 heteroatoms. The number of rotatable bonds is 3. The first-order valence-electron chi connectivity index (χ1n) is 4.75. The maximum absolute atomic E-state index is 13.8. The van der Waals surface area contributed by atoms with Crippen LogP contribution in [0.4, 0.5) is 4.39 Å². The highest BCUT2D eigenvalue weighted by Crippen LogP contribution is 2.31. The fourth-order valence-electron chi connectivity index (χ4n) is 1.23. The molecule has 0 spiro atoms. The molecule has 1 aromatic carbocycles. The third-order valence-electron chi connectivity index (χ3n) is 2.03. The van der Waals surface area contributed by atoms with Gasteiger partial charge in [-0.25, -0.2) is 9.18 Å². The minimum Gasteiger partial charge on any atom is -0.460 e. The third kappa shape index (κ3) is 2.93. The highest BCUT2D eigenvalue weighted by Gasteiger charge is 2.26. The first-order chi connectivity index (χ1) is 7.90. The molecule has 0 saturated carbocycles. The lowest BCUT2D eigenvalue weighted by atomic mass is 10.1. The van der Waals surface area contributed by atoms with Crippen molar-refractivity contribution in [2.24, 2.45) is 0 Å². The molecule has 92 valence electrons. The summed E-state index contributed by atoms with van der Waals surface area (Å²) in [7, 11) is 0. The molecule has 0 aromatic heterocycles. The number of carbonyl (C=O) groups is 2. The Kier molecular flexibility index (Phi) is 4.82. The Morgan fingerprint density at radius 1 is 1.41 bits per heavy atom. The Bertz CT molecular complexity index is 460. The molecule has 1 rings (SSSR count). The molecule has 0 N–H and O–H groups in total. The van der Waals surface area contributed by atoms with Gasteiger partial charge in [0.15, 0.2) is 0 Å². The summed E-state index contributed by atoms with van der Waals surface area (Å²) in [5.41, 5.74) is -0.0388. The zero-order chi connectivity index (χ0) is 13.2. The highest BCUT2D eigenvalue weighted by atomic mass is 79.9. The van der Waals surface area contributed by atoms with Gasteiger partial charge in [0.05, 0.1) is 12.2 Å². The molecule has 0 radical (unpaired) electrons. The van der Waals surface area contributed by atoms with Crippen LogP contribution in [0.15, 0.2) is 15.0 Å². The number of hydrogen-bond acceptors (Lipinski definition) is 3. The summed E-state index contributed by atoms with van der Waals surface area (Å²) in [4.78, 5) is 23.0. The van der Waals surface area contributed by atoms with Gasteiger partial charge in [-0.3, -0.25) is 4.79 Å². The average molecular weight is 368 g/mol. The number of ether oxygens (including phenoxy) is 1. The number of Topliss-reactive ketones (excluding diaryl/α,β-unsaturated/α-hetero) is 1. The van der Waals surface area contributed by atoms with Crippen LogP contribution in [-0.2, 0) is 9.53 Å². The van der Waals surface area contributed by atoms with Crippen molar-refractivity contribution in [3.8, 4) is 0 Å². The first-order valence-corrected chi connectivity index (χ1v) is 6.34. The van der Waals surface area contributed by atoms with Crippen LogP contribution < -0.4 is 0 Å². The van der Waals surface area contributed by atoms with Crippen molar-refractivity contribution in [1.29, 1.82) is 0 Å². The van der Waals surface area contributed by atoms with Gasteiger partial charge in [0, 0.05) is 8.95 Å². The second-order valence-electron chi connectivity index (χ2n) is 3.23. The van der Waals surface area contributed by atoms with Crippen LogP contribution >= 0.6 is 31.9 Å². The molecule has 0 atom stereocenters. The van der Waals surface area contributed by atoms with Gasteiger partial charge in [0.2, 0.25) is 0 Å². The van der Waals surface area contributed by atoms with E-state index >= 15 is 0 Å². The van der Waals surface area contributed by atoms with Crippen molar-refractivity contribution in [3.05, 3.63) is 32.0 Å². The molecule has 0 fully saturated rings. The van der Waals surface area contributed by atoms with E-state index in [1.165, 1.54) is 13.0 Å². The van der Waals surface area contributed by atoms with E-state index in [-0.39, 0.29) is 22.2 Å². The van der Waals surface area contributed by atoms with Crippen LogP contribution in [0.5, 0.6) is 0 Å². The maximum Gasteiger partial charge on any atom is 0.379 e. The molecule has 0 unspecified atom stereocenters. The lowest BCUT2D eigenvalue weighted by Crippen LogP contribution is -2.20. The standard InChI is InChI=1S/C11H9Br2FO3/c1-3-17-11(16)10(15)7-8(13)6(12)4-5(2)9(7)14/h4H,3H2,1-2H3. The lowest BCUT2D eigenvalue weighted by Gasteiger charge is -2.08. The fourth-order valence-corrected chi connectivity index (χ4v) is 2.24. The second kappa shape index (κ2) is 5.73. The van der Waals surface area contributed by atoms with Crippen molar-refractivity contribution in [3.63, 3.8) is 0 Å². The van der Waals surface area contributed by atoms with Crippen LogP contribution in [0, 0.1) is 12.7 Å². The molecule has 1 aromatic rings. The molecule has 0 aliphatic heterocycles. The van der Waals surface area contributed by atoms with Crippen molar-refractivity contribution < 1.29 is 18.7 Å². The summed E-state index contributed by atoms with van der Waals surface area (Å²) in [5.74, 6) is -2.79. The molecule has 0 bridgehead atoms. The van der Waals surface area contributed by atoms with Crippen LogP contribution in [0.25, 0.3) is 0 Å². The number of halogens is 3. The van der Waals surface area contributed by atoms with Crippen LogP contribution in [0.1, 0.15) is 22.8 Å². The van der Waals surface area contributed by atoms with Gasteiger partial charge in [-0.2, -0.15) is 0 Å². The summed E-state index contributed by atoms with van der Waals surface area (Å²) in [6.45, 7) is 3.15. The van der Waals surface area contributed by atoms with E-state index in [9.17, 15) is 14.0 Å². The zero-order valence-corrected chi connectivity index (χ0v) is 12.3. The maximum atomic E-state index is 13.8. The quantitative estimate of drug-likeness (QED) is 0.356. The van der Waals surface area contributed by atoms with E-state index in [1.807, 2.05) is 0 Å². The summed E-state index contributed by atoms with van der Waals surface area (Å²) < 4.78 is 19.1. The van der Waals surface area contributed by atoms with Crippen LogP contribution in [0.2, 0.25) is 0 Å². The number of esters is 1. The minimum absolute atomic E-state index is 0.0663. The third-order valence-corrected chi connectivity index (χ3v) is 4.01. The normalized spacial score (nSPS) is 10.2. The predicted molar refractivity (Wildman–Crippen MR) is 67.5 cm³/mol. The van der Waals surface area contributed by atoms with Crippen molar-refractivity contribution in [2.75, 3.05) is 6.61 Å². The van der Waals surface area contributed by atoms with Gasteiger partial charge in [0.1, 0.15) is 5.82 Å². The molecule has 0 aliphatic carbocycles. The Morgan fingerprint density at radius 2 is 2.00 bits per heavy atom. The Morgan fingerprint density at radius 3 is 2.53 bits per heavy atom. The summed E-state index contributed by atoms with van der Waals surface area (Å²) in [6, 6.07) is 1.52. The van der Waals surface area contributed by atoms with Gasteiger partial charge in [-0.05, 0) is 57.3 Å². The van der Waals surface area contributed by atoms with Gasteiger partial charge in [0.25, 0.3) is 5.78 Å². The van der Waals surface area contributed by atoms with E-state index in [4.69, 9.17) is 0 Å². The summed E-state index contributed by atoms with van der Waals surface area (Å²) in [5, 5.41) is 0. The molecule has 3 nitrogen and oxygen atoms in total. The zero-order valence-electron chi connectivity index (χ0n) is 9.14. The van der Waals surface area contributed by atoms with Gasteiger partial charge in [-0.15, -0.1) is 0 Å². The molecule has 0 amide bonds. The smallest absolute Gasteiger partial charge is 0.379 e. The van der Waals surface area contributed by atoms with E-state index in [0.717, 1.165) is 0 Å². The molecular weight excluding hydrogens is 359 g/mol. The summed E-state index contributed by atoms with van der Waals surface area (Å²) >= 11 is 6.24. The number of hydrogen-bond donors (Lipinski definition) is 0. The van der Waals surface area contributed by atoms with Gasteiger partial charge >= 0.3 is 5.97 Å². The van der Waals surface area contributed by atoms with Crippen molar-refractivity contribution in [2.45, 2.75) is 13.8 Å². The van der Waals surface area contributed by atoms with E-state index in [1.54, 1.807) is 6.92 Å². The predicted octanol–water partition coefficient (Wildman–Crippen LogP) is 3.40. The minimum atomic E-state index is -1.07. The highest BCUT2D eigenvalue weighted by molar-refractivity contribution is 9.13. The van der Waals surface area contributed by atoms with Gasteiger partial charge in [-0.1, -0.05) is 0 Å². The molecule has 0 saturated heterocycles. The Hall–Kier alpha value is -0.750. The number of benzene rings is 1. The largest absolute Gasteiger partial charge is 0.460 e. The van der Waals surface area contributed by atoms with Crippen LogP contribution in [0.3, 0.4) is 0 Å². The second-order valence-corrected chi connectivity index (χ2v) is 4.88. The number of aryl methyl sites for hydroxylation is 1. The lowest BCUT2D eigenvalue weighted by molar-refractivity contribution is -0.137. The van der Waals surface area contributed by atoms with Crippen LogP contribution in [-0.4, -0.2) is 18.4 Å². The van der Waals surface area contributed by atoms with Crippen molar-refractivity contribution in [1.82, 2.24) is 0 Å². The Labute approximate surface area is 115 Å². The monoisotopic (exact) mass is 366 g/mol. The topological polar surface area (TPSA) is 43.4 Å². The Balaban J connectivity index is 3.31. The average Bonchev–Trinajstić information content (AvgIpc) is 2.27. The molecule has 17 heavy (non-hydrogen) atoms. The molecule has 0 aliphatic rings. The molecule has 0 heterocycles. The van der Waals surface area contributed by atoms with E-state index in [0.29, 0.717) is 4.47 Å². The first kappa shape index (κ1) is 14.3.